The van der Waals surface area contributed by atoms with Gasteiger partial charge in [-0.2, -0.15) is 0 Å². The van der Waals surface area contributed by atoms with E-state index in [1.807, 2.05) is 13.8 Å². The van der Waals surface area contributed by atoms with E-state index in [2.05, 4.69) is 5.32 Å². The summed E-state index contributed by atoms with van der Waals surface area (Å²) < 4.78 is 0. The van der Waals surface area contributed by atoms with E-state index in [0.717, 1.165) is 13.0 Å². The molecule has 0 bridgehead atoms. The Bertz CT molecular complexity index is 100. The molecule has 10 heavy (non-hydrogen) atoms. The van der Waals surface area contributed by atoms with Gasteiger partial charge in [-0.1, -0.05) is 6.42 Å². The van der Waals surface area contributed by atoms with Gasteiger partial charge in [-0.05, 0) is 26.7 Å². The van der Waals surface area contributed by atoms with Crippen molar-refractivity contribution in [1.82, 2.24) is 5.32 Å². The minimum atomic E-state index is -0.597. The number of hydrogen-bond acceptors (Lipinski definition) is 1. The summed E-state index contributed by atoms with van der Waals surface area (Å²) in [5, 5.41) is 13.9. The van der Waals surface area contributed by atoms with Gasteiger partial charge < -0.3 is 5.11 Å². The summed E-state index contributed by atoms with van der Waals surface area (Å²) in [4.78, 5) is 0. The third-order valence-corrected chi connectivity index (χ3v) is 2.05. The third kappa shape index (κ3) is 1.96. The predicted molar refractivity (Wildman–Crippen MR) is 40.9 cm³/mol. The molecule has 1 saturated heterocycles. The molecule has 1 unspecified atom stereocenters. The van der Waals surface area contributed by atoms with Crippen LogP contribution >= 0.6 is 0 Å². The number of piperidine rings is 1. The zero-order chi connectivity index (χ0) is 7.61. The van der Waals surface area contributed by atoms with Crippen molar-refractivity contribution < 1.29 is 5.11 Å². The zero-order valence-corrected chi connectivity index (χ0v) is 6.80. The van der Waals surface area contributed by atoms with Crippen LogP contribution in [0.2, 0.25) is 0 Å². The van der Waals surface area contributed by atoms with Gasteiger partial charge in [0.1, 0.15) is 0 Å². The summed E-state index contributed by atoms with van der Waals surface area (Å²) in [7, 11) is 0. The van der Waals surface area contributed by atoms with E-state index in [0.29, 0.717) is 0 Å². The Hall–Kier alpha value is -0.0800. The van der Waals surface area contributed by atoms with Crippen LogP contribution in [0.15, 0.2) is 0 Å². The number of hydrogen-bond donors (Lipinski definition) is 1. The molecule has 2 nitrogen and oxygen atoms in total. The maximum Gasteiger partial charge on any atom is 0.0760 e. The summed E-state index contributed by atoms with van der Waals surface area (Å²) in [6.07, 6.45) is 3.48. The fraction of sp³-hybridized carbons (Fsp3) is 1.00. The molecule has 0 amide bonds. The molecule has 1 N–H and O–H groups in total. The number of rotatable bonds is 1. The van der Waals surface area contributed by atoms with E-state index in [1.54, 1.807) is 0 Å². The average molecular weight is 142 g/mol. The average Bonchev–Trinajstić information content (AvgIpc) is 1.88. The van der Waals surface area contributed by atoms with Gasteiger partial charge >= 0.3 is 0 Å². The van der Waals surface area contributed by atoms with Gasteiger partial charge in [0.15, 0.2) is 0 Å². The van der Waals surface area contributed by atoms with E-state index < -0.39 is 5.60 Å². The first-order valence-corrected chi connectivity index (χ1v) is 3.99. The molecule has 1 radical (unpaired) electrons. The lowest BCUT2D eigenvalue weighted by Gasteiger charge is -2.31. The standard InChI is InChI=1S/C8H16NO/c1-8(2,10)7-5-3-4-6-9-7/h7,10H,3-6H2,1-2H3. The maximum absolute atomic E-state index is 9.55. The molecule has 1 atom stereocenters. The lowest BCUT2D eigenvalue weighted by molar-refractivity contribution is 0.0261. The van der Waals surface area contributed by atoms with Crippen LogP contribution in [0, 0.1) is 0 Å². The van der Waals surface area contributed by atoms with Crippen LogP contribution < -0.4 is 5.32 Å². The third-order valence-electron chi connectivity index (χ3n) is 2.05. The molecule has 59 valence electrons. The van der Waals surface area contributed by atoms with Crippen LogP contribution in [0.4, 0.5) is 0 Å². The molecular weight excluding hydrogens is 126 g/mol. The Kier molecular flexibility index (Phi) is 2.32. The highest BCUT2D eigenvalue weighted by Crippen LogP contribution is 2.19. The van der Waals surface area contributed by atoms with Gasteiger partial charge in [0.2, 0.25) is 0 Å². The van der Waals surface area contributed by atoms with Crippen molar-refractivity contribution in [3.05, 3.63) is 0 Å². The minimum Gasteiger partial charge on any atom is -0.389 e. The zero-order valence-electron chi connectivity index (χ0n) is 6.80. The smallest absolute Gasteiger partial charge is 0.0760 e. The lowest BCUT2D eigenvalue weighted by atomic mass is 9.91. The topological polar surface area (TPSA) is 34.3 Å². The van der Waals surface area contributed by atoms with Crippen molar-refractivity contribution in [3.8, 4) is 0 Å². The number of aliphatic hydroxyl groups is 1. The second-order valence-corrected chi connectivity index (χ2v) is 3.57. The molecule has 0 spiro atoms. The van der Waals surface area contributed by atoms with Gasteiger partial charge in [-0.3, -0.25) is 0 Å². The fourth-order valence-corrected chi connectivity index (χ4v) is 1.36. The molecule has 2 heteroatoms. The molecule has 1 rings (SSSR count). The highest BCUT2D eigenvalue weighted by Gasteiger charge is 2.28. The van der Waals surface area contributed by atoms with Gasteiger partial charge in [0.25, 0.3) is 0 Å². The summed E-state index contributed by atoms with van der Waals surface area (Å²) in [5.41, 5.74) is -0.597. The molecular formula is C8H16NO. The Morgan fingerprint density at radius 1 is 1.40 bits per heavy atom. The molecule has 0 saturated carbocycles. The Morgan fingerprint density at radius 2 is 2.10 bits per heavy atom. The highest BCUT2D eigenvalue weighted by molar-refractivity contribution is 4.85. The highest BCUT2D eigenvalue weighted by atomic mass is 16.3. The first kappa shape index (κ1) is 8.02. The number of nitrogens with zero attached hydrogens (tertiary/aromatic N) is 1. The SMILES string of the molecule is CC(C)(O)C1CCCC[N]1. The molecule has 0 aliphatic carbocycles. The summed E-state index contributed by atoms with van der Waals surface area (Å²) in [5.74, 6) is 0. The van der Waals surface area contributed by atoms with Crippen LogP contribution in [0.25, 0.3) is 0 Å². The quantitative estimate of drug-likeness (QED) is 0.580. The minimum absolute atomic E-state index is 0.182. The summed E-state index contributed by atoms with van der Waals surface area (Å²) in [6.45, 7) is 4.62. The van der Waals surface area contributed by atoms with E-state index in [-0.39, 0.29) is 6.04 Å². The molecule has 1 aliphatic rings. The summed E-state index contributed by atoms with van der Waals surface area (Å²) in [6, 6.07) is 0.182. The van der Waals surface area contributed by atoms with Crippen LogP contribution in [0.3, 0.4) is 0 Å². The van der Waals surface area contributed by atoms with Crippen molar-refractivity contribution in [1.29, 1.82) is 0 Å². The molecule has 1 aliphatic heterocycles. The second-order valence-electron chi connectivity index (χ2n) is 3.57. The van der Waals surface area contributed by atoms with Gasteiger partial charge in [-0.25, -0.2) is 5.32 Å². The molecule has 0 aromatic rings. The first-order valence-electron chi connectivity index (χ1n) is 3.99. The summed E-state index contributed by atoms with van der Waals surface area (Å²) >= 11 is 0. The predicted octanol–water partition coefficient (Wildman–Crippen LogP) is 0.914. The monoisotopic (exact) mass is 142 g/mol. The van der Waals surface area contributed by atoms with E-state index >= 15 is 0 Å². The van der Waals surface area contributed by atoms with Crippen molar-refractivity contribution in [2.24, 2.45) is 0 Å². The normalized spacial score (nSPS) is 28.5. The van der Waals surface area contributed by atoms with Crippen molar-refractivity contribution in [2.75, 3.05) is 6.54 Å². The van der Waals surface area contributed by atoms with Crippen LogP contribution in [0.5, 0.6) is 0 Å². The largest absolute Gasteiger partial charge is 0.389 e. The van der Waals surface area contributed by atoms with E-state index in [1.165, 1.54) is 12.8 Å². The van der Waals surface area contributed by atoms with Crippen molar-refractivity contribution >= 4 is 0 Å². The first-order chi connectivity index (χ1) is 4.61. The lowest BCUT2D eigenvalue weighted by Crippen LogP contribution is -2.45. The molecule has 0 aromatic carbocycles. The van der Waals surface area contributed by atoms with Crippen LogP contribution in [-0.4, -0.2) is 23.3 Å². The van der Waals surface area contributed by atoms with Crippen LogP contribution in [-0.2, 0) is 0 Å². The maximum atomic E-state index is 9.55. The Balaban J connectivity index is 2.39. The molecule has 0 aromatic heterocycles. The Labute approximate surface area is 62.6 Å². The van der Waals surface area contributed by atoms with Crippen molar-refractivity contribution in [2.45, 2.75) is 44.8 Å². The van der Waals surface area contributed by atoms with E-state index in [4.69, 9.17) is 0 Å². The molecule has 1 heterocycles. The van der Waals surface area contributed by atoms with Crippen LogP contribution in [0.1, 0.15) is 33.1 Å². The van der Waals surface area contributed by atoms with Crippen molar-refractivity contribution in [3.63, 3.8) is 0 Å². The molecule has 1 fully saturated rings. The Morgan fingerprint density at radius 3 is 2.40 bits per heavy atom. The van der Waals surface area contributed by atoms with E-state index in [9.17, 15) is 5.11 Å². The fourth-order valence-electron chi connectivity index (χ4n) is 1.36. The van der Waals surface area contributed by atoms with Gasteiger partial charge in [0.05, 0.1) is 11.6 Å². The van der Waals surface area contributed by atoms with Gasteiger partial charge in [-0.15, -0.1) is 0 Å². The van der Waals surface area contributed by atoms with Gasteiger partial charge in [0, 0.05) is 6.54 Å². The second kappa shape index (κ2) is 2.89.